The van der Waals surface area contributed by atoms with Crippen LogP contribution in [0.15, 0.2) is 24.3 Å². The molecule has 0 aromatic rings. The number of hydrogen-bond acceptors (Lipinski definition) is 9. The van der Waals surface area contributed by atoms with E-state index >= 15 is 0 Å². The zero-order valence-electron chi connectivity index (χ0n) is 45.7. The second-order valence-electron chi connectivity index (χ2n) is 21.3. The Morgan fingerprint density at radius 1 is 0.486 bits per heavy atom. The molecule has 8 unspecified atom stereocenters. The molecule has 8 atom stereocenters. The summed E-state index contributed by atoms with van der Waals surface area (Å²) in [6.07, 6.45) is 52.8. The summed E-state index contributed by atoms with van der Waals surface area (Å²) in [7, 11) is 0. The van der Waals surface area contributed by atoms with E-state index in [1.807, 2.05) is 0 Å². The molecule has 1 aliphatic rings. The number of carbonyl (C=O) groups is 1. The Kier molecular flexibility index (Phi) is 47.4. The third-order valence-electron chi connectivity index (χ3n) is 14.7. The highest BCUT2D eigenvalue weighted by Gasteiger charge is 2.44. The normalized spacial score (nSPS) is 19.9. The molecule has 10 nitrogen and oxygen atoms in total. The predicted molar refractivity (Wildman–Crippen MR) is 292 cm³/mol. The third-order valence-corrected chi connectivity index (χ3v) is 14.7. The van der Waals surface area contributed by atoms with E-state index in [4.69, 9.17) is 9.47 Å². The van der Waals surface area contributed by atoms with E-state index in [9.17, 15) is 35.4 Å². The van der Waals surface area contributed by atoms with Crippen molar-refractivity contribution >= 4 is 5.91 Å². The van der Waals surface area contributed by atoms with Gasteiger partial charge in [0, 0.05) is 0 Å². The first-order valence-electron chi connectivity index (χ1n) is 30.1. The maximum Gasteiger partial charge on any atom is 0.249 e. The average Bonchev–Trinajstić information content (AvgIpc) is 3.36. The summed E-state index contributed by atoms with van der Waals surface area (Å²) in [5.41, 5.74) is 0. The monoisotopic (exact) mass is 994 g/mol. The number of ether oxygens (including phenoxy) is 2. The van der Waals surface area contributed by atoms with E-state index in [0.717, 1.165) is 57.8 Å². The third kappa shape index (κ3) is 38.2. The van der Waals surface area contributed by atoms with Crippen LogP contribution in [0.2, 0.25) is 0 Å². The highest BCUT2D eigenvalue weighted by molar-refractivity contribution is 5.80. The highest BCUT2D eigenvalue weighted by atomic mass is 16.7. The van der Waals surface area contributed by atoms with Crippen molar-refractivity contribution in [3.8, 4) is 0 Å². The topological polar surface area (TPSA) is 169 Å². The van der Waals surface area contributed by atoms with E-state index in [-0.39, 0.29) is 6.61 Å². The van der Waals surface area contributed by atoms with Gasteiger partial charge in [0.2, 0.25) is 5.91 Å². The summed E-state index contributed by atoms with van der Waals surface area (Å²) in [5, 5.41) is 65.0. The number of allylic oxidation sites excluding steroid dienone is 4. The molecule has 0 aromatic heterocycles. The Labute approximate surface area is 431 Å². The van der Waals surface area contributed by atoms with Crippen LogP contribution in [0.4, 0.5) is 0 Å². The van der Waals surface area contributed by atoms with Gasteiger partial charge < -0.3 is 45.4 Å². The molecule has 0 radical (unpaired) electrons. The Balaban J connectivity index is 2.10. The Morgan fingerprint density at radius 3 is 1.23 bits per heavy atom. The van der Waals surface area contributed by atoms with Crippen molar-refractivity contribution in [2.45, 2.75) is 339 Å². The summed E-state index contributed by atoms with van der Waals surface area (Å²) in [6.45, 7) is 3.68. The number of amides is 1. The SMILES string of the molecule is CCCCCCCCCCCCC/C=C\C/C=C\CCCCCCCCCCCCCCCCCCC(O)C(=O)NC(COC1OC(CO)C(O)C(O)C1O)C(O)CCCCCCCCCCCCC. The summed E-state index contributed by atoms with van der Waals surface area (Å²) in [6, 6.07) is -0.892. The largest absolute Gasteiger partial charge is 0.394 e. The average molecular weight is 995 g/mol. The fourth-order valence-corrected chi connectivity index (χ4v) is 9.79. The number of carbonyl (C=O) groups excluding carboxylic acids is 1. The minimum atomic E-state index is -1.60. The van der Waals surface area contributed by atoms with Gasteiger partial charge >= 0.3 is 0 Å². The van der Waals surface area contributed by atoms with Crippen molar-refractivity contribution in [1.82, 2.24) is 5.32 Å². The van der Waals surface area contributed by atoms with Crippen LogP contribution < -0.4 is 5.32 Å². The molecule has 1 fully saturated rings. The number of rotatable bonds is 52. The van der Waals surface area contributed by atoms with Gasteiger partial charge in [-0.2, -0.15) is 0 Å². The zero-order valence-corrected chi connectivity index (χ0v) is 45.7. The van der Waals surface area contributed by atoms with Gasteiger partial charge in [0.05, 0.1) is 25.4 Å². The standard InChI is InChI=1S/C60H115NO9/c1-3-5-7-9-11-13-15-16-17-18-19-20-21-22-23-24-25-26-27-28-29-30-31-32-33-34-35-36-37-39-41-43-45-47-49-54(64)59(68)61-52(51-69-60-58(67)57(66)56(65)55(50-62)70-60)53(63)48-46-44-42-40-38-14-12-10-8-6-4-2/h21-22,24-25,52-58,60,62-67H,3-20,23,26-51H2,1-2H3,(H,61,68)/b22-21-,25-24-. The van der Waals surface area contributed by atoms with Crippen LogP contribution in [0, 0.1) is 0 Å². The van der Waals surface area contributed by atoms with Gasteiger partial charge in [-0.1, -0.05) is 269 Å². The van der Waals surface area contributed by atoms with E-state index in [1.54, 1.807) is 0 Å². The van der Waals surface area contributed by atoms with Crippen LogP contribution >= 0.6 is 0 Å². The molecular weight excluding hydrogens is 879 g/mol. The van der Waals surface area contributed by atoms with E-state index < -0.39 is 61.5 Å². The second-order valence-corrected chi connectivity index (χ2v) is 21.3. The van der Waals surface area contributed by atoms with Gasteiger partial charge in [-0.15, -0.1) is 0 Å². The summed E-state index contributed by atoms with van der Waals surface area (Å²) in [5.74, 6) is -0.581. The number of aliphatic hydroxyl groups is 6. The van der Waals surface area contributed by atoms with Crippen LogP contribution in [0.25, 0.3) is 0 Å². The van der Waals surface area contributed by atoms with Crippen LogP contribution in [-0.2, 0) is 14.3 Å². The molecular formula is C60H115NO9. The summed E-state index contributed by atoms with van der Waals surface area (Å²) in [4.78, 5) is 13.1. The molecule has 10 heteroatoms. The molecule has 1 saturated heterocycles. The highest BCUT2D eigenvalue weighted by Crippen LogP contribution is 2.23. The lowest BCUT2D eigenvalue weighted by Gasteiger charge is -2.40. The lowest BCUT2D eigenvalue weighted by atomic mass is 9.99. The molecule has 1 aliphatic heterocycles. The second kappa shape index (κ2) is 49.8. The first kappa shape index (κ1) is 66.6. The minimum absolute atomic E-state index is 0.253. The Bertz CT molecular complexity index is 1170. The maximum atomic E-state index is 13.1. The van der Waals surface area contributed by atoms with Crippen molar-refractivity contribution in [3.05, 3.63) is 24.3 Å². The van der Waals surface area contributed by atoms with Crippen molar-refractivity contribution in [2.24, 2.45) is 0 Å². The number of unbranched alkanes of at least 4 members (excludes halogenated alkanes) is 37. The van der Waals surface area contributed by atoms with Gasteiger partial charge in [-0.05, 0) is 44.9 Å². The van der Waals surface area contributed by atoms with Crippen LogP contribution in [-0.4, -0.2) is 98.7 Å². The van der Waals surface area contributed by atoms with Crippen LogP contribution in [0.5, 0.6) is 0 Å². The first-order valence-corrected chi connectivity index (χ1v) is 30.1. The fourth-order valence-electron chi connectivity index (χ4n) is 9.79. The van der Waals surface area contributed by atoms with Gasteiger partial charge in [-0.25, -0.2) is 0 Å². The summed E-state index contributed by atoms with van der Waals surface area (Å²) >= 11 is 0. The van der Waals surface area contributed by atoms with E-state index in [2.05, 4.69) is 43.5 Å². The Morgan fingerprint density at radius 2 is 0.843 bits per heavy atom. The van der Waals surface area contributed by atoms with Gasteiger partial charge in [0.15, 0.2) is 6.29 Å². The van der Waals surface area contributed by atoms with E-state index in [1.165, 1.54) is 205 Å². The Hall–Kier alpha value is -1.37. The molecule has 0 aromatic carbocycles. The molecule has 0 aliphatic carbocycles. The quantitative estimate of drug-likeness (QED) is 0.0232. The van der Waals surface area contributed by atoms with Crippen molar-refractivity contribution in [3.63, 3.8) is 0 Å². The van der Waals surface area contributed by atoms with Crippen molar-refractivity contribution in [2.75, 3.05) is 13.2 Å². The molecule has 1 amide bonds. The number of hydrogen-bond donors (Lipinski definition) is 7. The van der Waals surface area contributed by atoms with Crippen molar-refractivity contribution < 1.29 is 44.9 Å². The molecule has 0 bridgehead atoms. The first-order chi connectivity index (χ1) is 34.3. The smallest absolute Gasteiger partial charge is 0.249 e. The zero-order chi connectivity index (χ0) is 51.0. The molecule has 414 valence electrons. The maximum absolute atomic E-state index is 13.1. The molecule has 0 saturated carbocycles. The van der Waals surface area contributed by atoms with Gasteiger partial charge in [0.25, 0.3) is 0 Å². The van der Waals surface area contributed by atoms with Crippen LogP contribution in [0.1, 0.15) is 290 Å². The van der Waals surface area contributed by atoms with Gasteiger partial charge in [0.1, 0.15) is 30.5 Å². The van der Waals surface area contributed by atoms with Crippen LogP contribution in [0.3, 0.4) is 0 Å². The molecule has 1 heterocycles. The molecule has 0 spiro atoms. The molecule has 7 N–H and O–H groups in total. The van der Waals surface area contributed by atoms with E-state index in [0.29, 0.717) is 12.8 Å². The fraction of sp³-hybridized carbons (Fsp3) is 0.917. The molecule has 70 heavy (non-hydrogen) atoms. The number of aliphatic hydroxyl groups excluding tert-OH is 6. The summed E-state index contributed by atoms with van der Waals surface area (Å²) < 4.78 is 11.2. The minimum Gasteiger partial charge on any atom is -0.394 e. The predicted octanol–water partition coefficient (Wildman–Crippen LogP) is 13.9. The van der Waals surface area contributed by atoms with Crippen molar-refractivity contribution in [1.29, 1.82) is 0 Å². The lowest BCUT2D eigenvalue weighted by molar-refractivity contribution is -0.302. The van der Waals surface area contributed by atoms with Gasteiger partial charge in [-0.3, -0.25) is 4.79 Å². The lowest BCUT2D eigenvalue weighted by Crippen LogP contribution is -2.60. The molecule has 1 rings (SSSR count). The number of nitrogens with one attached hydrogen (secondary N) is 1.